The molecule has 126 valence electrons. The molecule has 0 radical (unpaired) electrons. The summed E-state index contributed by atoms with van der Waals surface area (Å²) in [6.45, 7) is 14.4. The van der Waals surface area contributed by atoms with Crippen molar-refractivity contribution in [3.05, 3.63) is 9.75 Å². The lowest BCUT2D eigenvalue weighted by Gasteiger charge is -2.24. The molecule has 2 heterocycles. The third kappa shape index (κ3) is 4.04. The maximum Gasteiger partial charge on any atom is 0.0356 e. The van der Waals surface area contributed by atoms with E-state index in [4.69, 9.17) is 0 Å². The molecule has 0 saturated carbocycles. The van der Waals surface area contributed by atoms with E-state index in [1.54, 1.807) is 19.5 Å². The molecule has 1 aliphatic rings. The van der Waals surface area contributed by atoms with Gasteiger partial charge in [-0.2, -0.15) is 11.8 Å². The molecule has 1 aromatic heterocycles. The fourth-order valence-electron chi connectivity index (χ4n) is 2.38. The second-order valence-corrected chi connectivity index (χ2v) is 11.7. The molecule has 0 aromatic carbocycles. The predicted octanol–water partition coefficient (Wildman–Crippen LogP) is 7.05. The minimum Gasteiger partial charge on any atom is -0.160 e. The predicted molar refractivity (Wildman–Crippen MR) is 110 cm³/mol. The molecule has 4 heteroatoms. The quantitative estimate of drug-likeness (QED) is 0.554. The number of fused-ring (bicyclic) bond motifs is 1. The highest BCUT2D eigenvalue weighted by atomic mass is 32.2. The highest BCUT2D eigenvalue weighted by Gasteiger charge is 2.33. The summed E-state index contributed by atoms with van der Waals surface area (Å²) in [5, 5.41) is 0. The molecule has 22 heavy (non-hydrogen) atoms. The molecule has 0 unspecified atom stereocenters. The van der Waals surface area contributed by atoms with Gasteiger partial charge in [0.25, 0.3) is 0 Å². The maximum atomic E-state index is 2.43. The molecule has 0 amide bonds. The van der Waals surface area contributed by atoms with Crippen molar-refractivity contribution in [1.82, 2.24) is 0 Å². The maximum absolute atomic E-state index is 2.43. The van der Waals surface area contributed by atoms with Crippen molar-refractivity contribution in [1.29, 1.82) is 0 Å². The molecule has 0 fully saturated rings. The summed E-state index contributed by atoms with van der Waals surface area (Å²) < 4.78 is 0. The number of rotatable bonds is 4. The molecular weight excluding hydrogens is 344 g/mol. The third-order valence-electron chi connectivity index (χ3n) is 4.77. The van der Waals surface area contributed by atoms with Gasteiger partial charge in [-0.1, -0.05) is 41.5 Å². The zero-order valence-electron chi connectivity index (χ0n) is 14.9. The molecule has 0 aliphatic carbocycles. The Hall–Kier alpha value is 0.750. The second kappa shape index (κ2) is 7.76. The minimum atomic E-state index is 0.297. The van der Waals surface area contributed by atoms with E-state index in [0.29, 0.717) is 10.8 Å². The Morgan fingerprint density at radius 2 is 1.14 bits per heavy atom. The topological polar surface area (TPSA) is 0 Å². The average Bonchev–Trinajstić information content (AvgIpc) is 2.89. The highest BCUT2D eigenvalue weighted by Crippen LogP contribution is 2.52. The van der Waals surface area contributed by atoms with Crippen molar-refractivity contribution < 1.29 is 0 Å². The van der Waals surface area contributed by atoms with E-state index >= 15 is 0 Å². The number of hydrogen-bond donors (Lipinski definition) is 0. The summed E-state index contributed by atoms with van der Waals surface area (Å²) in [7, 11) is 0. The Kier molecular flexibility index (Phi) is 6.73. The summed E-state index contributed by atoms with van der Waals surface area (Å²) in [5.74, 6) is 5.10. The van der Waals surface area contributed by atoms with Crippen LogP contribution in [0.2, 0.25) is 0 Å². The highest BCUT2D eigenvalue weighted by molar-refractivity contribution is 8.06. The van der Waals surface area contributed by atoms with E-state index in [9.17, 15) is 0 Å². The van der Waals surface area contributed by atoms with Gasteiger partial charge in [0.15, 0.2) is 0 Å². The fourth-order valence-corrected chi connectivity index (χ4v) is 8.41. The average molecular weight is 375 g/mol. The van der Waals surface area contributed by atoms with Gasteiger partial charge in [-0.25, -0.2) is 0 Å². The van der Waals surface area contributed by atoms with Gasteiger partial charge in [-0.15, -0.1) is 34.9 Å². The first kappa shape index (κ1) is 19.1. The van der Waals surface area contributed by atoms with E-state index in [2.05, 4.69) is 88.2 Å². The van der Waals surface area contributed by atoms with Gasteiger partial charge >= 0.3 is 0 Å². The van der Waals surface area contributed by atoms with Gasteiger partial charge in [-0.3, -0.25) is 0 Å². The van der Waals surface area contributed by atoms with Crippen molar-refractivity contribution in [2.24, 2.45) is 0 Å². The summed E-state index contributed by atoms with van der Waals surface area (Å²) in [5.41, 5.74) is 0.594. The van der Waals surface area contributed by atoms with Crippen molar-refractivity contribution >= 4 is 46.6 Å². The lowest BCUT2D eigenvalue weighted by Crippen LogP contribution is -2.15. The zero-order valence-corrected chi connectivity index (χ0v) is 18.1. The Balaban J connectivity index is 2.58. The van der Waals surface area contributed by atoms with Crippen LogP contribution in [0, 0.1) is 0 Å². The van der Waals surface area contributed by atoms with Gasteiger partial charge < -0.3 is 0 Å². The van der Waals surface area contributed by atoms with Crippen LogP contribution in [0.4, 0.5) is 0 Å². The van der Waals surface area contributed by atoms with Crippen LogP contribution < -0.4 is 0 Å². The van der Waals surface area contributed by atoms with Crippen LogP contribution >= 0.6 is 46.6 Å². The van der Waals surface area contributed by atoms with Crippen molar-refractivity contribution in [3.8, 4) is 0 Å². The standard InChI is InChI=1S/C18H30S4/c1-7-17(3,4)15-13-14(16(22-15)18(5,6)8-2)21-12-10-19-9-11-20-13/h7-12H2,1-6H3. The summed E-state index contributed by atoms with van der Waals surface area (Å²) in [4.78, 5) is 6.54. The van der Waals surface area contributed by atoms with E-state index in [1.165, 1.54) is 35.9 Å². The van der Waals surface area contributed by atoms with Crippen LogP contribution in [0.15, 0.2) is 9.79 Å². The van der Waals surface area contributed by atoms with Crippen LogP contribution in [-0.2, 0) is 10.8 Å². The van der Waals surface area contributed by atoms with E-state index in [-0.39, 0.29) is 0 Å². The van der Waals surface area contributed by atoms with Gasteiger partial charge in [0, 0.05) is 42.6 Å². The van der Waals surface area contributed by atoms with E-state index in [0.717, 1.165) is 0 Å². The number of thiophene rings is 1. The van der Waals surface area contributed by atoms with Crippen molar-refractivity contribution in [2.75, 3.05) is 23.0 Å². The molecule has 0 saturated heterocycles. The van der Waals surface area contributed by atoms with Gasteiger partial charge in [0.1, 0.15) is 0 Å². The lowest BCUT2D eigenvalue weighted by molar-refractivity contribution is 0.503. The normalized spacial score (nSPS) is 17.5. The van der Waals surface area contributed by atoms with Crippen LogP contribution in [0.3, 0.4) is 0 Å². The van der Waals surface area contributed by atoms with E-state index in [1.807, 2.05) is 0 Å². The Morgan fingerprint density at radius 3 is 1.50 bits per heavy atom. The molecule has 0 N–H and O–H groups in total. The largest absolute Gasteiger partial charge is 0.160 e. The van der Waals surface area contributed by atoms with Crippen LogP contribution in [-0.4, -0.2) is 23.0 Å². The van der Waals surface area contributed by atoms with Crippen molar-refractivity contribution in [2.45, 2.75) is 75.0 Å². The summed E-state index contributed by atoms with van der Waals surface area (Å²) in [6, 6.07) is 0. The monoisotopic (exact) mass is 374 g/mol. The Morgan fingerprint density at radius 1 is 0.727 bits per heavy atom. The molecular formula is C18H30S4. The van der Waals surface area contributed by atoms with Gasteiger partial charge in [0.05, 0.1) is 0 Å². The fraction of sp³-hybridized carbons (Fsp3) is 0.778. The Bertz CT molecular complexity index is 457. The number of thioether (sulfide) groups is 3. The molecule has 0 bridgehead atoms. The van der Waals surface area contributed by atoms with E-state index < -0.39 is 0 Å². The van der Waals surface area contributed by atoms with Gasteiger partial charge in [0.2, 0.25) is 0 Å². The van der Waals surface area contributed by atoms with Crippen LogP contribution in [0.25, 0.3) is 0 Å². The molecule has 0 atom stereocenters. The number of hydrogen-bond acceptors (Lipinski definition) is 4. The SMILES string of the molecule is CCC(C)(C)c1sc(C(C)(C)CC)c2c1SCCSCCS2. The molecule has 0 spiro atoms. The van der Waals surface area contributed by atoms with Crippen LogP contribution in [0.5, 0.6) is 0 Å². The molecule has 2 rings (SSSR count). The van der Waals surface area contributed by atoms with Crippen molar-refractivity contribution in [3.63, 3.8) is 0 Å². The molecule has 1 aromatic rings. The molecule has 0 nitrogen and oxygen atoms in total. The Labute approximate surface area is 154 Å². The van der Waals surface area contributed by atoms with Crippen LogP contribution in [0.1, 0.15) is 64.1 Å². The first-order chi connectivity index (χ1) is 10.3. The smallest absolute Gasteiger partial charge is 0.0356 e. The first-order valence-corrected chi connectivity index (χ1v) is 12.3. The first-order valence-electron chi connectivity index (χ1n) is 8.34. The zero-order chi connectivity index (χ0) is 16.4. The minimum absolute atomic E-state index is 0.297. The summed E-state index contributed by atoms with van der Waals surface area (Å²) >= 11 is 8.47. The third-order valence-corrected chi connectivity index (χ3v) is 10.8. The second-order valence-electron chi connectivity index (χ2n) is 7.20. The molecule has 1 aliphatic heterocycles. The lowest BCUT2D eigenvalue weighted by atomic mass is 9.87. The summed E-state index contributed by atoms with van der Waals surface area (Å²) in [6.07, 6.45) is 2.43. The van der Waals surface area contributed by atoms with Gasteiger partial charge in [-0.05, 0) is 23.7 Å².